The first-order valence-electron chi connectivity index (χ1n) is 10.3. The van der Waals surface area contributed by atoms with Crippen molar-refractivity contribution in [3.05, 3.63) is 65.0 Å². The lowest BCUT2D eigenvalue weighted by Crippen LogP contribution is -2.31. The summed E-state index contributed by atoms with van der Waals surface area (Å²) in [5, 5.41) is 3.06. The van der Waals surface area contributed by atoms with Gasteiger partial charge in [-0.25, -0.2) is 13.4 Å². The van der Waals surface area contributed by atoms with E-state index < -0.39 is 9.84 Å². The number of para-hydroxylation sites is 2. The molecule has 3 aromatic rings. The zero-order valence-corrected chi connectivity index (χ0v) is 18.2. The van der Waals surface area contributed by atoms with E-state index in [9.17, 15) is 13.2 Å². The first-order chi connectivity index (χ1) is 14.3. The molecule has 1 aliphatic carbocycles. The lowest BCUT2D eigenvalue weighted by Gasteiger charge is -2.20. The summed E-state index contributed by atoms with van der Waals surface area (Å²) in [7, 11) is -3.27. The zero-order valence-electron chi connectivity index (χ0n) is 17.4. The average Bonchev–Trinajstić information content (AvgIpc) is 3.02. The van der Waals surface area contributed by atoms with Gasteiger partial charge in [-0.1, -0.05) is 30.3 Å². The van der Waals surface area contributed by atoms with Gasteiger partial charge in [0.25, 0.3) is 0 Å². The number of carbonyl (C=O) groups is 1. The Morgan fingerprint density at radius 1 is 1.13 bits per heavy atom. The van der Waals surface area contributed by atoms with E-state index in [1.165, 1.54) is 30.2 Å². The number of carbonyl (C=O) groups excluding carboxylic acids is 1. The van der Waals surface area contributed by atoms with Gasteiger partial charge in [0.15, 0.2) is 9.84 Å². The van der Waals surface area contributed by atoms with E-state index in [1.807, 2.05) is 31.2 Å². The van der Waals surface area contributed by atoms with E-state index in [0.29, 0.717) is 11.3 Å². The number of nitrogens with zero attached hydrogens (tertiary/aromatic N) is 2. The van der Waals surface area contributed by atoms with Crippen LogP contribution in [0, 0.1) is 0 Å². The Morgan fingerprint density at radius 3 is 2.63 bits per heavy atom. The minimum absolute atomic E-state index is 0.0284. The van der Waals surface area contributed by atoms with Crippen molar-refractivity contribution in [3.8, 4) is 0 Å². The highest BCUT2D eigenvalue weighted by Gasteiger charge is 2.19. The van der Waals surface area contributed by atoms with Crippen LogP contribution in [0.1, 0.15) is 48.3 Å². The lowest BCUT2D eigenvalue weighted by atomic mass is 9.89. The molecule has 4 rings (SSSR count). The Balaban J connectivity index is 1.54. The summed E-state index contributed by atoms with van der Waals surface area (Å²) in [6.07, 6.45) is 5.86. The van der Waals surface area contributed by atoms with Crippen LogP contribution in [0.15, 0.2) is 42.5 Å². The van der Waals surface area contributed by atoms with Gasteiger partial charge in [-0.15, -0.1) is 0 Å². The van der Waals surface area contributed by atoms with Crippen LogP contribution >= 0.6 is 0 Å². The number of amides is 1. The van der Waals surface area contributed by atoms with Gasteiger partial charge >= 0.3 is 0 Å². The Hall–Kier alpha value is -2.67. The van der Waals surface area contributed by atoms with Crippen molar-refractivity contribution in [2.75, 3.05) is 6.26 Å². The number of fused-ring (bicyclic) bond motifs is 2. The topological polar surface area (TPSA) is 81.1 Å². The molecule has 1 amide bonds. The molecule has 1 aliphatic rings. The number of hydrogen-bond acceptors (Lipinski definition) is 4. The van der Waals surface area contributed by atoms with Crippen LogP contribution in [-0.2, 0) is 39.8 Å². The Bertz CT molecular complexity index is 1200. The number of benzene rings is 2. The summed E-state index contributed by atoms with van der Waals surface area (Å²) in [4.78, 5) is 17.3. The summed E-state index contributed by atoms with van der Waals surface area (Å²) in [6.45, 7) is 2.01. The van der Waals surface area contributed by atoms with E-state index in [0.717, 1.165) is 23.9 Å². The number of aryl methyl sites for hydroxylation is 2. The van der Waals surface area contributed by atoms with Gasteiger partial charge < -0.3 is 9.88 Å². The predicted octanol–water partition coefficient (Wildman–Crippen LogP) is 3.34. The van der Waals surface area contributed by atoms with E-state index in [4.69, 9.17) is 0 Å². The SMILES string of the molecule is C[C@@H](NC(=O)Cn1c(CS(C)(=O)=O)nc2ccccc21)c1ccc2c(c1)CCCC2. The number of nitrogens with one attached hydrogen (secondary N) is 1. The first-order valence-corrected chi connectivity index (χ1v) is 12.4. The molecule has 7 heteroatoms. The molecule has 0 fully saturated rings. The van der Waals surface area contributed by atoms with Crippen molar-refractivity contribution in [1.29, 1.82) is 0 Å². The normalized spacial score (nSPS) is 15.0. The van der Waals surface area contributed by atoms with Crippen LogP contribution in [0.3, 0.4) is 0 Å². The molecule has 1 N–H and O–H groups in total. The second-order valence-corrected chi connectivity index (χ2v) is 10.3. The molecule has 0 saturated heterocycles. The van der Waals surface area contributed by atoms with Crippen molar-refractivity contribution in [2.45, 2.75) is 50.9 Å². The van der Waals surface area contributed by atoms with Gasteiger partial charge in [-0.3, -0.25) is 4.79 Å². The van der Waals surface area contributed by atoms with Crippen molar-refractivity contribution < 1.29 is 13.2 Å². The molecule has 2 aromatic carbocycles. The Morgan fingerprint density at radius 2 is 1.87 bits per heavy atom. The summed E-state index contributed by atoms with van der Waals surface area (Å²) in [6, 6.07) is 13.7. The second-order valence-electron chi connectivity index (χ2n) is 8.20. The monoisotopic (exact) mass is 425 g/mol. The van der Waals surface area contributed by atoms with Crippen LogP contribution in [-0.4, -0.2) is 30.1 Å². The number of rotatable bonds is 6. The fraction of sp³-hybridized carbons (Fsp3) is 0.391. The molecule has 0 bridgehead atoms. The van der Waals surface area contributed by atoms with Gasteiger partial charge in [-0.05, 0) is 61.4 Å². The Kier molecular flexibility index (Phi) is 5.64. The number of sulfone groups is 1. The molecule has 1 aromatic heterocycles. The average molecular weight is 426 g/mol. The molecule has 6 nitrogen and oxygen atoms in total. The van der Waals surface area contributed by atoms with E-state index in [1.54, 1.807) is 4.57 Å². The predicted molar refractivity (Wildman–Crippen MR) is 118 cm³/mol. The molecule has 0 aliphatic heterocycles. The van der Waals surface area contributed by atoms with Gasteiger partial charge in [0.1, 0.15) is 18.1 Å². The second kappa shape index (κ2) is 8.22. The van der Waals surface area contributed by atoms with Crippen LogP contribution in [0.25, 0.3) is 11.0 Å². The lowest BCUT2D eigenvalue weighted by molar-refractivity contribution is -0.122. The van der Waals surface area contributed by atoms with Crippen LogP contribution < -0.4 is 5.32 Å². The van der Waals surface area contributed by atoms with Gasteiger partial charge in [-0.2, -0.15) is 0 Å². The van der Waals surface area contributed by atoms with Crippen LogP contribution in [0.4, 0.5) is 0 Å². The van der Waals surface area contributed by atoms with Crippen molar-refractivity contribution in [3.63, 3.8) is 0 Å². The number of hydrogen-bond donors (Lipinski definition) is 1. The largest absolute Gasteiger partial charge is 0.348 e. The minimum Gasteiger partial charge on any atom is -0.348 e. The van der Waals surface area contributed by atoms with Gasteiger partial charge in [0.05, 0.1) is 17.1 Å². The molecule has 30 heavy (non-hydrogen) atoms. The molecular weight excluding hydrogens is 398 g/mol. The highest BCUT2D eigenvalue weighted by molar-refractivity contribution is 7.89. The first kappa shape index (κ1) is 20.6. The summed E-state index contributed by atoms with van der Waals surface area (Å²) >= 11 is 0. The smallest absolute Gasteiger partial charge is 0.240 e. The minimum atomic E-state index is -3.27. The quantitative estimate of drug-likeness (QED) is 0.657. The Labute approximate surface area is 177 Å². The highest BCUT2D eigenvalue weighted by Crippen LogP contribution is 2.25. The van der Waals surface area contributed by atoms with Gasteiger partial charge in [0, 0.05) is 6.26 Å². The molecular formula is C23H27N3O3S. The fourth-order valence-electron chi connectivity index (χ4n) is 4.18. The summed E-state index contributed by atoms with van der Waals surface area (Å²) < 4.78 is 25.4. The van der Waals surface area contributed by atoms with E-state index >= 15 is 0 Å². The molecule has 0 saturated carbocycles. The van der Waals surface area contributed by atoms with Crippen LogP contribution in [0.2, 0.25) is 0 Å². The van der Waals surface area contributed by atoms with Crippen molar-refractivity contribution in [2.24, 2.45) is 0 Å². The fourth-order valence-corrected chi connectivity index (χ4v) is 4.87. The van der Waals surface area contributed by atoms with E-state index in [-0.39, 0.29) is 24.2 Å². The molecule has 0 spiro atoms. The maximum absolute atomic E-state index is 12.8. The third-order valence-electron chi connectivity index (χ3n) is 5.68. The number of imidazole rings is 1. The summed E-state index contributed by atoms with van der Waals surface area (Å²) in [5.41, 5.74) is 5.34. The van der Waals surface area contributed by atoms with Gasteiger partial charge in [0.2, 0.25) is 5.91 Å². The molecule has 1 atom stereocenters. The zero-order chi connectivity index (χ0) is 21.3. The van der Waals surface area contributed by atoms with E-state index in [2.05, 4.69) is 28.5 Å². The standard InChI is InChI=1S/C23H27N3O3S/c1-16(18-12-11-17-7-3-4-8-19(17)13-18)24-23(27)14-26-21-10-6-5-9-20(21)25-22(26)15-30(2,28)29/h5-6,9-13,16H,3-4,7-8,14-15H2,1-2H3,(H,24,27)/t16-/m1/s1. The molecule has 0 radical (unpaired) electrons. The molecule has 0 unspecified atom stereocenters. The maximum atomic E-state index is 12.8. The third kappa shape index (κ3) is 4.56. The van der Waals surface area contributed by atoms with Crippen molar-refractivity contribution in [1.82, 2.24) is 14.9 Å². The van der Waals surface area contributed by atoms with Crippen LogP contribution in [0.5, 0.6) is 0 Å². The number of aromatic nitrogens is 2. The van der Waals surface area contributed by atoms with Crippen molar-refractivity contribution >= 4 is 26.8 Å². The maximum Gasteiger partial charge on any atom is 0.240 e. The third-order valence-corrected chi connectivity index (χ3v) is 6.46. The molecule has 1 heterocycles. The highest BCUT2D eigenvalue weighted by atomic mass is 32.2. The molecule has 158 valence electrons. The summed E-state index contributed by atoms with van der Waals surface area (Å²) in [5.74, 6) is 0.0170.